The minimum atomic E-state index is -0.466. The molecular formula is C21H19FN4O5. The number of methoxy groups -OCH3 is 2. The summed E-state index contributed by atoms with van der Waals surface area (Å²) in [5, 5.41) is 10.4. The molecule has 1 aromatic heterocycles. The minimum absolute atomic E-state index is 0.0810. The lowest BCUT2D eigenvalue weighted by atomic mass is 10.1. The van der Waals surface area contributed by atoms with E-state index in [4.69, 9.17) is 13.9 Å². The monoisotopic (exact) mass is 426 g/mol. The zero-order valence-electron chi connectivity index (χ0n) is 16.8. The van der Waals surface area contributed by atoms with E-state index in [1.807, 2.05) is 0 Å². The van der Waals surface area contributed by atoms with Crippen molar-refractivity contribution < 1.29 is 27.9 Å². The number of halogens is 1. The summed E-state index contributed by atoms with van der Waals surface area (Å²) < 4.78 is 29.1. The molecular weight excluding hydrogens is 407 g/mol. The Bertz CT molecular complexity index is 1120. The fraction of sp³-hybridized carbons (Fsp3) is 0.238. The minimum Gasteiger partial charge on any atom is -0.493 e. The summed E-state index contributed by atoms with van der Waals surface area (Å²) >= 11 is 0. The van der Waals surface area contributed by atoms with Crippen LogP contribution in [0.2, 0.25) is 0 Å². The summed E-state index contributed by atoms with van der Waals surface area (Å²) in [5.41, 5.74) is 0.909. The van der Waals surface area contributed by atoms with Gasteiger partial charge in [-0.2, -0.15) is 0 Å². The van der Waals surface area contributed by atoms with Crippen LogP contribution in [0.3, 0.4) is 0 Å². The molecule has 1 aliphatic rings. The third kappa shape index (κ3) is 4.18. The van der Waals surface area contributed by atoms with Crippen molar-refractivity contribution in [1.82, 2.24) is 10.2 Å². The first-order valence-electron chi connectivity index (χ1n) is 9.41. The van der Waals surface area contributed by atoms with Gasteiger partial charge in [0.25, 0.3) is 5.91 Å². The van der Waals surface area contributed by atoms with Crippen molar-refractivity contribution in [1.29, 1.82) is 0 Å². The highest BCUT2D eigenvalue weighted by Gasteiger charge is 2.35. The average Bonchev–Trinajstić information content (AvgIpc) is 3.40. The Morgan fingerprint density at radius 2 is 1.87 bits per heavy atom. The van der Waals surface area contributed by atoms with E-state index in [9.17, 15) is 14.0 Å². The van der Waals surface area contributed by atoms with Crippen molar-refractivity contribution in [2.75, 3.05) is 31.0 Å². The zero-order valence-corrected chi connectivity index (χ0v) is 16.8. The molecule has 0 radical (unpaired) electrons. The SMILES string of the molecule is COc1ccc(C(=O)Nc2nnc([C@@H]3CC(=O)N(c4ccc(F)cc4)C3)o2)cc1OC. The van der Waals surface area contributed by atoms with Crippen LogP contribution in [0.25, 0.3) is 0 Å². The number of carbonyl (C=O) groups is 2. The molecule has 0 bridgehead atoms. The number of anilines is 2. The van der Waals surface area contributed by atoms with Gasteiger partial charge in [-0.25, -0.2) is 4.39 Å². The first kappa shape index (κ1) is 20.3. The van der Waals surface area contributed by atoms with Gasteiger partial charge in [0.05, 0.1) is 20.1 Å². The van der Waals surface area contributed by atoms with Crippen LogP contribution in [-0.4, -0.2) is 42.8 Å². The van der Waals surface area contributed by atoms with Gasteiger partial charge < -0.3 is 18.8 Å². The van der Waals surface area contributed by atoms with Gasteiger partial charge in [-0.15, -0.1) is 5.10 Å². The summed E-state index contributed by atoms with van der Waals surface area (Å²) in [6.07, 6.45) is 0.169. The van der Waals surface area contributed by atoms with Crippen LogP contribution >= 0.6 is 0 Å². The lowest BCUT2D eigenvalue weighted by Gasteiger charge is -2.15. The predicted molar refractivity (Wildman–Crippen MR) is 108 cm³/mol. The van der Waals surface area contributed by atoms with Crippen molar-refractivity contribution in [3.05, 3.63) is 59.7 Å². The van der Waals surface area contributed by atoms with E-state index >= 15 is 0 Å². The molecule has 1 aliphatic heterocycles. The Kier molecular flexibility index (Phi) is 5.52. The van der Waals surface area contributed by atoms with Gasteiger partial charge in [0.1, 0.15) is 5.82 Å². The second kappa shape index (κ2) is 8.42. The third-order valence-electron chi connectivity index (χ3n) is 4.92. The number of ether oxygens (including phenoxy) is 2. The predicted octanol–water partition coefficient (Wildman–Crippen LogP) is 3.00. The fourth-order valence-electron chi connectivity index (χ4n) is 3.34. The van der Waals surface area contributed by atoms with Crippen LogP contribution in [0.5, 0.6) is 11.5 Å². The lowest BCUT2D eigenvalue weighted by molar-refractivity contribution is -0.117. The Balaban J connectivity index is 1.44. The van der Waals surface area contributed by atoms with Gasteiger partial charge in [0, 0.05) is 24.2 Å². The molecule has 1 N–H and O–H groups in total. The van der Waals surface area contributed by atoms with Gasteiger partial charge in [-0.1, -0.05) is 5.10 Å². The highest BCUT2D eigenvalue weighted by Crippen LogP contribution is 2.32. The maximum Gasteiger partial charge on any atom is 0.322 e. The summed E-state index contributed by atoms with van der Waals surface area (Å²) in [4.78, 5) is 26.4. The van der Waals surface area contributed by atoms with E-state index in [1.165, 1.54) is 49.5 Å². The molecule has 0 spiro atoms. The quantitative estimate of drug-likeness (QED) is 0.646. The molecule has 1 atom stereocenters. The molecule has 0 aliphatic carbocycles. The molecule has 0 saturated carbocycles. The number of hydrogen-bond donors (Lipinski definition) is 1. The summed E-state index contributed by atoms with van der Waals surface area (Å²) in [5.74, 6) is -0.171. The van der Waals surface area contributed by atoms with Gasteiger partial charge in [-0.05, 0) is 42.5 Å². The van der Waals surface area contributed by atoms with Gasteiger partial charge in [0.15, 0.2) is 11.5 Å². The van der Waals surface area contributed by atoms with E-state index in [1.54, 1.807) is 12.1 Å². The highest BCUT2D eigenvalue weighted by atomic mass is 19.1. The maximum absolute atomic E-state index is 13.1. The first-order valence-corrected chi connectivity index (χ1v) is 9.41. The van der Waals surface area contributed by atoms with Gasteiger partial charge in [-0.3, -0.25) is 14.9 Å². The number of hydrogen-bond acceptors (Lipinski definition) is 7. The van der Waals surface area contributed by atoms with Crippen molar-refractivity contribution in [2.24, 2.45) is 0 Å². The van der Waals surface area contributed by atoms with Crippen LogP contribution in [0.15, 0.2) is 46.9 Å². The number of nitrogens with one attached hydrogen (secondary N) is 1. The van der Waals surface area contributed by atoms with Gasteiger partial charge in [0.2, 0.25) is 11.8 Å². The van der Waals surface area contributed by atoms with Gasteiger partial charge >= 0.3 is 6.01 Å². The number of carbonyl (C=O) groups excluding carboxylic acids is 2. The molecule has 2 aromatic carbocycles. The summed E-state index contributed by atoms with van der Waals surface area (Å²) in [6.45, 7) is 0.315. The first-order chi connectivity index (χ1) is 15.0. The normalized spacial score (nSPS) is 15.8. The van der Waals surface area contributed by atoms with E-state index < -0.39 is 5.91 Å². The number of benzene rings is 2. The molecule has 4 rings (SSSR count). The van der Waals surface area contributed by atoms with Crippen LogP contribution in [-0.2, 0) is 4.79 Å². The molecule has 31 heavy (non-hydrogen) atoms. The van der Waals surface area contributed by atoms with Crippen LogP contribution in [0.1, 0.15) is 28.6 Å². The van der Waals surface area contributed by atoms with E-state index in [2.05, 4.69) is 15.5 Å². The molecule has 10 heteroatoms. The molecule has 160 valence electrons. The fourth-order valence-corrected chi connectivity index (χ4v) is 3.34. The second-order valence-corrected chi connectivity index (χ2v) is 6.85. The topological polar surface area (TPSA) is 107 Å². The Morgan fingerprint density at radius 3 is 2.58 bits per heavy atom. The smallest absolute Gasteiger partial charge is 0.322 e. The number of aromatic nitrogens is 2. The van der Waals surface area contributed by atoms with Crippen LogP contribution in [0.4, 0.5) is 16.1 Å². The Hall–Kier alpha value is -3.95. The zero-order chi connectivity index (χ0) is 22.0. The molecule has 3 aromatic rings. The Labute approximate surface area is 176 Å². The maximum atomic E-state index is 13.1. The molecule has 1 fully saturated rings. The average molecular weight is 426 g/mol. The van der Waals surface area contributed by atoms with E-state index in [0.717, 1.165) is 0 Å². The van der Waals surface area contributed by atoms with Crippen molar-refractivity contribution in [3.8, 4) is 11.5 Å². The molecule has 2 amide bonds. The lowest BCUT2D eigenvalue weighted by Crippen LogP contribution is -2.24. The van der Waals surface area contributed by atoms with Crippen LogP contribution < -0.4 is 19.7 Å². The molecule has 9 nitrogen and oxygen atoms in total. The largest absolute Gasteiger partial charge is 0.493 e. The standard InChI is InChI=1S/C21H19FN4O5/c1-29-16-8-3-12(9-17(16)30-2)19(28)23-21-25-24-20(31-21)13-10-18(27)26(11-13)15-6-4-14(22)5-7-15/h3-9,13H,10-11H2,1-2H3,(H,23,25,28)/t13-/m1/s1. The second-order valence-electron chi connectivity index (χ2n) is 6.85. The molecule has 2 heterocycles. The number of amides is 2. The third-order valence-corrected chi connectivity index (χ3v) is 4.92. The van der Waals surface area contributed by atoms with Crippen LogP contribution in [0, 0.1) is 5.82 Å². The van der Waals surface area contributed by atoms with Crippen molar-refractivity contribution in [3.63, 3.8) is 0 Å². The molecule has 1 saturated heterocycles. The number of rotatable bonds is 6. The van der Waals surface area contributed by atoms with E-state index in [0.29, 0.717) is 29.3 Å². The van der Waals surface area contributed by atoms with E-state index in [-0.39, 0.29) is 36.0 Å². The summed E-state index contributed by atoms with van der Waals surface area (Å²) in [6, 6.07) is 10.3. The summed E-state index contributed by atoms with van der Waals surface area (Å²) in [7, 11) is 2.98. The van der Waals surface area contributed by atoms with Crippen molar-refractivity contribution >= 4 is 23.5 Å². The van der Waals surface area contributed by atoms with Crippen molar-refractivity contribution in [2.45, 2.75) is 12.3 Å². The number of nitrogens with zero attached hydrogens (tertiary/aromatic N) is 3. The highest BCUT2D eigenvalue weighted by molar-refractivity contribution is 6.03. The molecule has 0 unspecified atom stereocenters. The Morgan fingerprint density at radius 1 is 1.13 bits per heavy atom.